The van der Waals surface area contributed by atoms with Crippen LogP contribution in [-0.4, -0.2) is 23.8 Å². The molecule has 0 saturated carbocycles. The number of ether oxygens (including phenoxy) is 1. The van der Waals surface area contributed by atoms with Crippen molar-refractivity contribution in [1.29, 1.82) is 5.41 Å². The molecule has 3 aromatic rings. The summed E-state index contributed by atoms with van der Waals surface area (Å²) in [7, 11) is 1.59. The molecule has 0 radical (unpaired) electrons. The first-order valence-corrected chi connectivity index (χ1v) is 13.0. The number of amidine groups is 1. The number of nitrogens with one attached hydrogen (secondary N) is 1. The molecule has 38 heavy (non-hydrogen) atoms. The van der Waals surface area contributed by atoms with Gasteiger partial charge in [0.1, 0.15) is 17.3 Å². The number of hydrogen-bond acceptors (Lipinski definition) is 4. The van der Waals surface area contributed by atoms with Crippen molar-refractivity contribution in [3.05, 3.63) is 111 Å². The van der Waals surface area contributed by atoms with Gasteiger partial charge in [-0.05, 0) is 37.0 Å². The van der Waals surface area contributed by atoms with Crippen LogP contribution in [0.4, 0.5) is 5.69 Å². The number of hydrogen-bond donors (Lipinski definition) is 2. The average molecular weight is 527 g/mol. The Morgan fingerprint density at radius 2 is 1.68 bits per heavy atom. The van der Waals surface area contributed by atoms with Crippen molar-refractivity contribution >= 4 is 34.7 Å². The number of carbonyl (C=O) groups excluding carboxylic acids is 1. The average Bonchev–Trinajstić information content (AvgIpc) is 2.88. The van der Waals surface area contributed by atoms with Gasteiger partial charge in [0, 0.05) is 34.4 Å². The number of benzene rings is 3. The van der Waals surface area contributed by atoms with Crippen molar-refractivity contribution < 1.29 is 14.6 Å². The molecule has 0 amide bonds. The number of aliphatic hydroxyl groups is 1. The quantitative estimate of drug-likeness (QED) is 0.339. The number of halogens is 1. The molecule has 6 heteroatoms. The molecule has 2 aliphatic rings. The highest BCUT2D eigenvalue weighted by molar-refractivity contribution is 6.34. The van der Waals surface area contributed by atoms with Crippen molar-refractivity contribution in [2.24, 2.45) is 5.41 Å². The van der Waals surface area contributed by atoms with Crippen LogP contribution in [0.3, 0.4) is 0 Å². The number of allylic oxidation sites excluding steroid dienone is 2. The van der Waals surface area contributed by atoms with Crippen molar-refractivity contribution in [3.63, 3.8) is 0 Å². The van der Waals surface area contributed by atoms with Gasteiger partial charge in [-0.15, -0.1) is 0 Å². The molecule has 0 aromatic heterocycles. The van der Waals surface area contributed by atoms with Gasteiger partial charge in [0.15, 0.2) is 5.78 Å². The Morgan fingerprint density at radius 3 is 2.37 bits per heavy atom. The molecule has 5 nitrogen and oxygen atoms in total. The summed E-state index contributed by atoms with van der Waals surface area (Å²) in [5.41, 5.74) is 4.30. The Kier molecular flexibility index (Phi) is 6.66. The van der Waals surface area contributed by atoms with E-state index in [2.05, 4.69) is 13.8 Å². The molecular weight excluding hydrogens is 496 g/mol. The second-order valence-electron chi connectivity index (χ2n) is 10.7. The first kappa shape index (κ1) is 25.8. The highest BCUT2D eigenvalue weighted by atomic mass is 35.5. The summed E-state index contributed by atoms with van der Waals surface area (Å²) < 4.78 is 5.73. The third-order valence-corrected chi connectivity index (χ3v) is 7.67. The lowest BCUT2D eigenvalue weighted by molar-refractivity contribution is -0.118. The second kappa shape index (κ2) is 9.80. The number of aliphatic hydroxyl groups excluding tert-OH is 1. The van der Waals surface area contributed by atoms with Crippen molar-refractivity contribution in [1.82, 2.24) is 0 Å². The van der Waals surface area contributed by atoms with Crippen LogP contribution >= 0.6 is 11.6 Å². The fourth-order valence-corrected chi connectivity index (χ4v) is 5.82. The van der Waals surface area contributed by atoms with Gasteiger partial charge in [-0.3, -0.25) is 15.1 Å². The molecule has 1 unspecified atom stereocenters. The number of methoxy groups -OCH3 is 1. The van der Waals surface area contributed by atoms with E-state index in [4.69, 9.17) is 16.3 Å². The zero-order valence-electron chi connectivity index (χ0n) is 22.0. The highest BCUT2D eigenvalue weighted by Gasteiger charge is 2.47. The lowest BCUT2D eigenvalue weighted by Gasteiger charge is -2.45. The number of carbonyl (C=O) groups is 1. The molecule has 1 aliphatic carbocycles. The van der Waals surface area contributed by atoms with Crippen LogP contribution in [0.1, 0.15) is 49.3 Å². The van der Waals surface area contributed by atoms with Crippen LogP contribution in [-0.2, 0) is 4.79 Å². The van der Waals surface area contributed by atoms with Crippen LogP contribution in [0, 0.1) is 17.7 Å². The largest absolute Gasteiger partial charge is 0.507 e. The van der Waals surface area contributed by atoms with Gasteiger partial charge < -0.3 is 9.84 Å². The molecule has 0 fully saturated rings. The van der Waals surface area contributed by atoms with Crippen LogP contribution in [0.5, 0.6) is 5.75 Å². The van der Waals surface area contributed by atoms with E-state index in [9.17, 15) is 15.3 Å². The maximum absolute atomic E-state index is 14.0. The number of nitrogens with zero attached hydrogens (tertiary/aromatic N) is 1. The molecule has 2 N–H and O–H groups in total. The number of rotatable bonds is 4. The fraction of sp³-hybridized carbons (Fsp3) is 0.250. The molecule has 1 aliphatic heterocycles. The fourth-order valence-electron chi connectivity index (χ4n) is 5.60. The molecule has 0 saturated heterocycles. The SMILES string of the molecule is COc1ccccc1C1C2=C(CC(C)(C)CC2=O)N(c2ccccc2Cl)C(=N)/C1=C(/O)c1ccc(C)cc1. The van der Waals surface area contributed by atoms with Crippen LogP contribution < -0.4 is 9.64 Å². The lowest BCUT2D eigenvalue weighted by atomic mass is 9.67. The standard InChI is InChI=1S/C32H31ClN2O3/c1-19-13-15-20(16-14-19)30(37)29-27(21-9-5-8-12-26(21)38-4)28-24(17-32(2,3)18-25(28)36)35(31(29)34)23-11-7-6-10-22(23)33/h5-16,27,34,37H,17-18H2,1-4H3/b30-29+,34-31?. The minimum atomic E-state index is -0.683. The van der Waals surface area contributed by atoms with E-state index in [1.165, 1.54) is 0 Å². The highest BCUT2D eigenvalue weighted by Crippen LogP contribution is 2.53. The van der Waals surface area contributed by atoms with E-state index in [1.807, 2.05) is 73.7 Å². The van der Waals surface area contributed by atoms with Crippen LogP contribution in [0.15, 0.2) is 89.6 Å². The topological polar surface area (TPSA) is 73.6 Å². The maximum atomic E-state index is 14.0. The number of aryl methyl sites for hydroxylation is 1. The minimum Gasteiger partial charge on any atom is -0.507 e. The molecule has 194 valence electrons. The maximum Gasteiger partial charge on any atom is 0.162 e. The van der Waals surface area contributed by atoms with E-state index in [1.54, 1.807) is 18.1 Å². The van der Waals surface area contributed by atoms with Crippen molar-refractivity contribution in [2.45, 2.75) is 39.5 Å². The van der Waals surface area contributed by atoms with E-state index in [0.29, 0.717) is 46.0 Å². The Bertz CT molecular complexity index is 1500. The van der Waals surface area contributed by atoms with Gasteiger partial charge in [-0.1, -0.05) is 85.6 Å². The zero-order chi connectivity index (χ0) is 27.2. The van der Waals surface area contributed by atoms with Gasteiger partial charge in [0.2, 0.25) is 0 Å². The van der Waals surface area contributed by atoms with E-state index in [0.717, 1.165) is 16.8 Å². The van der Waals surface area contributed by atoms with Gasteiger partial charge in [0.05, 0.1) is 23.7 Å². The smallest absolute Gasteiger partial charge is 0.162 e. The number of para-hydroxylation sites is 2. The minimum absolute atomic E-state index is 0.00841. The van der Waals surface area contributed by atoms with Gasteiger partial charge in [-0.2, -0.15) is 0 Å². The van der Waals surface area contributed by atoms with Crippen molar-refractivity contribution in [3.8, 4) is 5.75 Å². The Hall–Kier alpha value is -3.83. The summed E-state index contributed by atoms with van der Waals surface area (Å²) in [6, 6.07) is 22.3. The molecular formula is C32H31ClN2O3. The third-order valence-electron chi connectivity index (χ3n) is 7.35. The Morgan fingerprint density at radius 1 is 1.03 bits per heavy atom. The number of anilines is 1. The number of Topliss-reactive ketones (excluding diaryl/α,β-unsaturated/α-hetero) is 1. The molecule has 0 bridgehead atoms. The van der Waals surface area contributed by atoms with Gasteiger partial charge in [0.25, 0.3) is 0 Å². The second-order valence-corrected chi connectivity index (χ2v) is 11.1. The third kappa shape index (κ3) is 4.41. The Labute approximate surface area is 228 Å². The molecule has 1 heterocycles. The van der Waals surface area contributed by atoms with Gasteiger partial charge in [-0.25, -0.2) is 0 Å². The normalized spacial score (nSPS) is 20.3. The number of ketones is 1. The summed E-state index contributed by atoms with van der Waals surface area (Å²) in [6.45, 7) is 6.11. The summed E-state index contributed by atoms with van der Waals surface area (Å²) in [6.07, 6.45) is 0.936. The van der Waals surface area contributed by atoms with Gasteiger partial charge >= 0.3 is 0 Å². The predicted octanol–water partition coefficient (Wildman–Crippen LogP) is 7.85. The molecule has 3 aromatic carbocycles. The summed E-state index contributed by atoms with van der Waals surface area (Å²) >= 11 is 6.68. The van der Waals surface area contributed by atoms with Crippen molar-refractivity contribution in [2.75, 3.05) is 12.0 Å². The monoisotopic (exact) mass is 526 g/mol. The van der Waals surface area contributed by atoms with E-state index < -0.39 is 5.92 Å². The first-order chi connectivity index (χ1) is 18.1. The van der Waals surface area contributed by atoms with E-state index >= 15 is 0 Å². The predicted molar refractivity (Wildman–Crippen MR) is 153 cm³/mol. The lowest BCUT2D eigenvalue weighted by Crippen LogP contribution is -2.45. The summed E-state index contributed by atoms with van der Waals surface area (Å²) in [5.74, 6) is -0.0677. The molecule has 1 atom stereocenters. The first-order valence-electron chi connectivity index (χ1n) is 12.7. The van der Waals surface area contributed by atoms with Crippen LogP contribution in [0.2, 0.25) is 5.02 Å². The van der Waals surface area contributed by atoms with E-state index in [-0.39, 0.29) is 22.8 Å². The van der Waals surface area contributed by atoms with Crippen LogP contribution in [0.25, 0.3) is 5.76 Å². The Balaban J connectivity index is 1.89. The molecule has 0 spiro atoms. The zero-order valence-corrected chi connectivity index (χ0v) is 22.8. The summed E-state index contributed by atoms with van der Waals surface area (Å²) in [5, 5.41) is 21.8. The molecule has 5 rings (SSSR count). The summed E-state index contributed by atoms with van der Waals surface area (Å²) in [4.78, 5) is 15.8.